The zero-order chi connectivity index (χ0) is 18.2. The normalized spacial score (nSPS) is 10.8. The molecule has 0 saturated carbocycles. The number of amides is 1. The van der Waals surface area contributed by atoms with Gasteiger partial charge < -0.3 is 15.6 Å². The highest BCUT2D eigenvalue weighted by Gasteiger charge is 2.09. The molecule has 2 rings (SSSR count). The summed E-state index contributed by atoms with van der Waals surface area (Å²) in [7, 11) is 0. The van der Waals surface area contributed by atoms with Gasteiger partial charge in [-0.25, -0.2) is 0 Å². The van der Waals surface area contributed by atoms with Crippen LogP contribution in [-0.2, 0) is 4.79 Å². The van der Waals surface area contributed by atoms with Gasteiger partial charge in [0.2, 0.25) is 0 Å². The Morgan fingerprint density at radius 1 is 1.00 bits per heavy atom. The first kappa shape index (κ1) is 17.7. The minimum Gasteiger partial charge on any atom is -0.481 e. The van der Waals surface area contributed by atoms with Gasteiger partial charge in [-0.1, -0.05) is 17.3 Å². The molecule has 2 aromatic rings. The maximum atomic E-state index is 12.1. The number of carboxylic acid groups (broad SMARTS) is 1. The Balaban J connectivity index is 2.05. The fourth-order valence-electron chi connectivity index (χ4n) is 2.12. The van der Waals surface area contributed by atoms with Crippen molar-refractivity contribution in [2.45, 2.75) is 12.8 Å². The molecule has 126 valence electrons. The number of nitrogens with one attached hydrogen (secondary N) is 1. The van der Waals surface area contributed by atoms with Gasteiger partial charge in [-0.2, -0.15) is 5.26 Å². The van der Waals surface area contributed by atoms with Gasteiger partial charge in [-0.15, -0.1) is 0 Å². The van der Waals surface area contributed by atoms with E-state index in [0.29, 0.717) is 22.4 Å². The fraction of sp³-hybridized carbons (Fsp3) is 0.111. The van der Waals surface area contributed by atoms with Crippen LogP contribution in [0.3, 0.4) is 0 Å². The predicted octanol–water partition coefficient (Wildman–Crippen LogP) is 2.85. The van der Waals surface area contributed by atoms with Crippen LogP contribution in [0.2, 0.25) is 0 Å². The van der Waals surface area contributed by atoms with Gasteiger partial charge in [-0.05, 0) is 42.0 Å². The van der Waals surface area contributed by atoms with Gasteiger partial charge in [0, 0.05) is 17.7 Å². The number of nitriles is 1. The van der Waals surface area contributed by atoms with Crippen LogP contribution in [-0.4, -0.2) is 27.9 Å². The lowest BCUT2D eigenvalue weighted by Crippen LogP contribution is -2.12. The highest BCUT2D eigenvalue weighted by atomic mass is 16.4. The standard InChI is InChI=1S/C18H15N3O4/c19-11-12-1-3-14(4-2-12)18(24)20-15-7-5-13(6-8-15)16(21-25)9-10-17(22)23/h1-8,25H,9-10H2,(H,20,24)(H,22,23)/b21-16-. The van der Waals surface area contributed by atoms with Crippen molar-refractivity contribution in [3.8, 4) is 6.07 Å². The Morgan fingerprint density at radius 3 is 2.12 bits per heavy atom. The SMILES string of the molecule is N#Cc1ccc(C(=O)Nc2ccc(/C(CCC(=O)O)=N\O)cc2)cc1. The zero-order valence-corrected chi connectivity index (χ0v) is 13.1. The van der Waals surface area contributed by atoms with Crippen molar-refractivity contribution in [2.24, 2.45) is 5.16 Å². The Labute approximate surface area is 143 Å². The summed E-state index contributed by atoms with van der Waals surface area (Å²) in [6, 6.07) is 14.7. The van der Waals surface area contributed by atoms with Crippen LogP contribution < -0.4 is 5.32 Å². The quantitative estimate of drug-likeness (QED) is 0.425. The summed E-state index contributed by atoms with van der Waals surface area (Å²) in [4.78, 5) is 22.7. The summed E-state index contributed by atoms with van der Waals surface area (Å²) in [6.45, 7) is 0. The lowest BCUT2D eigenvalue weighted by molar-refractivity contribution is -0.136. The van der Waals surface area contributed by atoms with Crippen molar-refractivity contribution in [3.05, 3.63) is 65.2 Å². The number of hydrogen-bond acceptors (Lipinski definition) is 5. The first-order valence-electron chi connectivity index (χ1n) is 7.38. The maximum absolute atomic E-state index is 12.1. The number of hydrogen-bond donors (Lipinski definition) is 3. The second-order valence-corrected chi connectivity index (χ2v) is 5.16. The van der Waals surface area contributed by atoms with E-state index in [9.17, 15) is 9.59 Å². The lowest BCUT2D eigenvalue weighted by atomic mass is 10.1. The van der Waals surface area contributed by atoms with E-state index in [0.717, 1.165) is 0 Å². The average molecular weight is 337 g/mol. The molecule has 0 aromatic heterocycles. The van der Waals surface area contributed by atoms with Crippen molar-refractivity contribution in [1.29, 1.82) is 5.26 Å². The molecule has 25 heavy (non-hydrogen) atoms. The monoisotopic (exact) mass is 337 g/mol. The number of oxime groups is 1. The molecule has 7 nitrogen and oxygen atoms in total. The molecule has 0 aliphatic carbocycles. The highest BCUT2D eigenvalue weighted by Crippen LogP contribution is 2.14. The molecular formula is C18H15N3O4. The fourth-order valence-corrected chi connectivity index (χ4v) is 2.12. The third-order valence-corrected chi connectivity index (χ3v) is 3.45. The van der Waals surface area contributed by atoms with Gasteiger partial charge in [0.1, 0.15) is 0 Å². The Kier molecular flexibility index (Phi) is 5.85. The van der Waals surface area contributed by atoms with Crippen LogP contribution in [0.25, 0.3) is 0 Å². The molecule has 0 heterocycles. The third kappa shape index (κ3) is 4.91. The highest BCUT2D eigenvalue weighted by molar-refractivity contribution is 6.05. The number of nitrogens with zero attached hydrogens (tertiary/aromatic N) is 2. The predicted molar refractivity (Wildman–Crippen MR) is 90.7 cm³/mol. The molecule has 0 fully saturated rings. The summed E-state index contributed by atoms with van der Waals surface area (Å²) in [5, 5.41) is 32.3. The molecule has 0 aliphatic rings. The Morgan fingerprint density at radius 2 is 1.60 bits per heavy atom. The van der Waals surface area contributed by atoms with Crippen molar-refractivity contribution in [2.75, 3.05) is 5.32 Å². The second kappa shape index (κ2) is 8.26. The lowest BCUT2D eigenvalue weighted by Gasteiger charge is -2.07. The molecule has 0 aliphatic heterocycles. The molecular weight excluding hydrogens is 322 g/mol. The van der Waals surface area contributed by atoms with Crippen LogP contribution in [0, 0.1) is 11.3 Å². The van der Waals surface area contributed by atoms with Gasteiger partial charge in [-0.3, -0.25) is 9.59 Å². The Hall–Kier alpha value is -3.66. The number of carbonyl (C=O) groups is 2. The summed E-state index contributed by atoms with van der Waals surface area (Å²) in [6.07, 6.45) is -0.0423. The van der Waals surface area contributed by atoms with E-state index in [1.807, 2.05) is 6.07 Å². The first-order chi connectivity index (χ1) is 12.0. The maximum Gasteiger partial charge on any atom is 0.303 e. The zero-order valence-electron chi connectivity index (χ0n) is 13.1. The summed E-state index contributed by atoms with van der Waals surface area (Å²) < 4.78 is 0. The summed E-state index contributed by atoms with van der Waals surface area (Å²) in [5.41, 5.74) is 2.25. The van der Waals surface area contributed by atoms with Crippen LogP contribution in [0.15, 0.2) is 53.7 Å². The summed E-state index contributed by atoms with van der Waals surface area (Å²) in [5.74, 6) is -1.30. The smallest absolute Gasteiger partial charge is 0.303 e. The van der Waals surface area contributed by atoms with Gasteiger partial charge in [0.25, 0.3) is 5.91 Å². The van der Waals surface area contributed by atoms with Gasteiger partial charge in [0.15, 0.2) is 0 Å². The van der Waals surface area contributed by atoms with E-state index in [-0.39, 0.29) is 24.5 Å². The number of anilines is 1. The van der Waals surface area contributed by atoms with E-state index in [1.54, 1.807) is 48.5 Å². The number of benzene rings is 2. The van der Waals surface area contributed by atoms with Crippen LogP contribution >= 0.6 is 0 Å². The van der Waals surface area contributed by atoms with Gasteiger partial charge >= 0.3 is 5.97 Å². The molecule has 7 heteroatoms. The van der Waals surface area contributed by atoms with E-state index in [1.165, 1.54) is 0 Å². The molecule has 3 N–H and O–H groups in total. The van der Waals surface area contributed by atoms with Crippen molar-refractivity contribution < 1.29 is 19.9 Å². The molecule has 1 amide bonds. The average Bonchev–Trinajstić information content (AvgIpc) is 2.63. The van der Waals surface area contributed by atoms with Crippen molar-refractivity contribution >= 4 is 23.3 Å². The van der Waals surface area contributed by atoms with Crippen molar-refractivity contribution in [1.82, 2.24) is 0 Å². The molecule has 0 atom stereocenters. The van der Waals surface area contributed by atoms with Crippen LogP contribution in [0.1, 0.15) is 34.3 Å². The minimum atomic E-state index is -0.979. The molecule has 0 spiro atoms. The molecule has 2 aromatic carbocycles. The molecule has 0 unspecified atom stereocenters. The van der Waals surface area contributed by atoms with E-state index < -0.39 is 5.97 Å². The minimum absolute atomic E-state index is 0.1000. The first-order valence-corrected chi connectivity index (χ1v) is 7.38. The Bertz CT molecular complexity index is 834. The largest absolute Gasteiger partial charge is 0.481 e. The summed E-state index contributed by atoms with van der Waals surface area (Å²) >= 11 is 0. The molecule has 0 radical (unpaired) electrons. The topological polar surface area (TPSA) is 123 Å². The molecule has 0 bridgehead atoms. The third-order valence-electron chi connectivity index (χ3n) is 3.45. The number of rotatable bonds is 6. The van der Waals surface area contributed by atoms with E-state index in [4.69, 9.17) is 15.6 Å². The van der Waals surface area contributed by atoms with Crippen LogP contribution in [0.4, 0.5) is 5.69 Å². The van der Waals surface area contributed by atoms with Gasteiger partial charge in [0.05, 0.1) is 23.8 Å². The van der Waals surface area contributed by atoms with Crippen molar-refractivity contribution in [3.63, 3.8) is 0 Å². The number of carboxylic acids is 1. The number of carbonyl (C=O) groups excluding carboxylic acids is 1. The number of aliphatic carboxylic acids is 1. The van der Waals surface area contributed by atoms with Crippen LogP contribution in [0.5, 0.6) is 0 Å². The van der Waals surface area contributed by atoms with E-state index >= 15 is 0 Å². The molecule has 0 saturated heterocycles. The second-order valence-electron chi connectivity index (χ2n) is 5.16. The van der Waals surface area contributed by atoms with E-state index in [2.05, 4.69) is 10.5 Å².